The maximum atomic E-state index is 13.1. The summed E-state index contributed by atoms with van der Waals surface area (Å²) in [6, 6.07) is 18.4. The van der Waals surface area contributed by atoms with Gasteiger partial charge in [0.25, 0.3) is 0 Å². The molecule has 0 unspecified atom stereocenters. The van der Waals surface area contributed by atoms with Crippen LogP contribution in [0, 0.1) is 11.8 Å². The van der Waals surface area contributed by atoms with Crippen LogP contribution in [0.2, 0.25) is 0 Å². The Labute approximate surface area is 187 Å². The van der Waals surface area contributed by atoms with Crippen molar-refractivity contribution in [1.82, 2.24) is 5.32 Å². The number of esters is 1. The fraction of sp³-hybridized carbons (Fsp3) is 0.320. The normalized spacial score (nSPS) is 19.2. The van der Waals surface area contributed by atoms with E-state index in [4.69, 9.17) is 14.2 Å². The number of carbonyl (C=O) groups is 3. The van der Waals surface area contributed by atoms with Gasteiger partial charge in [-0.25, -0.2) is 4.79 Å². The van der Waals surface area contributed by atoms with Crippen LogP contribution in [0.15, 0.2) is 73.3 Å². The van der Waals surface area contributed by atoms with Crippen LogP contribution < -0.4 is 5.32 Å². The van der Waals surface area contributed by atoms with E-state index in [9.17, 15) is 14.4 Å². The molecule has 3 rings (SSSR count). The second-order valence-electron chi connectivity index (χ2n) is 7.66. The van der Waals surface area contributed by atoms with Crippen molar-refractivity contribution < 1.29 is 28.6 Å². The summed E-state index contributed by atoms with van der Waals surface area (Å²) < 4.78 is 15.9. The van der Waals surface area contributed by atoms with Crippen molar-refractivity contribution in [3.8, 4) is 0 Å². The number of ether oxygens (including phenoxy) is 3. The highest BCUT2D eigenvalue weighted by Gasteiger charge is 2.49. The molecule has 1 saturated heterocycles. The molecular formula is C25H27NO6. The van der Waals surface area contributed by atoms with E-state index in [-0.39, 0.29) is 12.5 Å². The van der Waals surface area contributed by atoms with Crippen LogP contribution >= 0.6 is 0 Å². The molecule has 0 aliphatic carbocycles. The Kier molecular flexibility index (Phi) is 7.65. The highest BCUT2D eigenvalue weighted by molar-refractivity contribution is 5.89. The average molecular weight is 437 g/mol. The lowest BCUT2D eigenvalue weighted by atomic mass is 9.79. The van der Waals surface area contributed by atoms with E-state index in [1.807, 2.05) is 60.7 Å². The zero-order valence-corrected chi connectivity index (χ0v) is 18.1. The fourth-order valence-electron chi connectivity index (χ4n) is 3.70. The van der Waals surface area contributed by atoms with Gasteiger partial charge in [0.15, 0.2) is 6.10 Å². The molecule has 1 heterocycles. The van der Waals surface area contributed by atoms with Gasteiger partial charge in [-0.3, -0.25) is 9.59 Å². The van der Waals surface area contributed by atoms with Crippen LogP contribution in [0.5, 0.6) is 0 Å². The van der Waals surface area contributed by atoms with Crippen LogP contribution in [-0.2, 0) is 23.8 Å². The third-order valence-electron chi connectivity index (χ3n) is 5.45. The zero-order valence-electron chi connectivity index (χ0n) is 18.1. The van der Waals surface area contributed by atoms with Gasteiger partial charge in [0, 0.05) is 0 Å². The summed E-state index contributed by atoms with van der Waals surface area (Å²) in [6.07, 6.45) is -0.817. The summed E-state index contributed by atoms with van der Waals surface area (Å²) in [4.78, 5) is 36.9. The molecule has 4 atom stereocenters. The number of benzene rings is 2. The molecule has 2 aromatic carbocycles. The number of rotatable bonds is 9. The molecule has 1 aliphatic heterocycles. The Morgan fingerprint density at radius 3 is 2.06 bits per heavy atom. The Balaban J connectivity index is 1.70. The predicted molar refractivity (Wildman–Crippen MR) is 117 cm³/mol. The number of amides is 1. The minimum Gasteiger partial charge on any atom is -0.452 e. The van der Waals surface area contributed by atoms with Gasteiger partial charge in [-0.05, 0) is 25.0 Å². The standard InChI is InChI=1S/C25H27NO6/c1-4-15-30-25(29)31-17(3)20-21(26-23(20)27)16(2)24(28)32-22(18-11-7-5-8-12-18)19-13-9-6-10-14-19/h4-14,16-17,20-22H,1,15H2,2-3H3,(H,26,27)/t16-,17-,20-,21-/m1/s1. The van der Waals surface area contributed by atoms with E-state index >= 15 is 0 Å². The summed E-state index contributed by atoms with van der Waals surface area (Å²) in [5, 5.41) is 2.74. The van der Waals surface area contributed by atoms with Crippen LogP contribution in [0.4, 0.5) is 4.79 Å². The minimum absolute atomic E-state index is 0.00886. The maximum Gasteiger partial charge on any atom is 0.508 e. The van der Waals surface area contributed by atoms with E-state index in [0.29, 0.717) is 0 Å². The number of nitrogens with one attached hydrogen (secondary N) is 1. The van der Waals surface area contributed by atoms with Crippen molar-refractivity contribution in [3.05, 3.63) is 84.4 Å². The van der Waals surface area contributed by atoms with E-state index < -0.39 is 42.2 Å². The number of hydrogen-bond donors (Lipinski definition) is 1. The molecule has 1 aliphatic rings. The fourth-order valence-corrected chi connectivity index (χ4v) is 3.70. The summed E-state index contributed by atoms with van der Waals surface area (Å²) >= 11 is 0. The Bertz CT molecular complexity index is 906. The van der Waals surface area contributed by atoms with Crippen LogP contribution in [0.25, 0.3) is 0 Å². The molecule has 1 amide bonds. The lowest BCUT2D eigenvalue weighted by Crippen LogP contribution is -2.66. The van der Waals surface area contributed by atoms with Gasteiger partial charge in [-0.1, -0.05) is 73.3 Å². The summed E-state index contributed by atoms with van der Waals surface area (Å²) in [6.45, 7) is 6.76. The highest BCUT2D eigenvalue weighted by atomic mass is 16.7. The quantitative estimate of drug-likeness (QED) is 0.365. The van der Waals surface area contributed by atoms with Crippen molar-refractivity contribution in [2.45, 2.75) is 32.1 Å². The van der Waals surface area contributed by atoms with Gasteiger partial charge >= 0.3 is 12.1 Å². The molecule has 2 aromatic rings. The summed E-state index contributed by atoms with van der Waals surface area (Å²) in [7, 11) is 0. The molecule has 1 N–H and O–H groups in total. The van der Waals surface area contributed by atoms with Crippen molar-refractivity contribution in [2.75, 3.05) is 6.61 Å². The maximum absolute atomic E-state index is 13.1. The first-order chi connectivity index (χ1) is 15.4. The van der Waals surface area contributed by atoms with Gasteiger partial charge in [-0.2, -0.15) is 0 Å². The predicted octanol–water partition coefficient (Wildman–Crippen LogP) is 3.80. The zero-order chi connectivity index (χ0) is 23.1. The van der Waals surface area contributed by atoms with Crippen molar-refractivity contribution in [1.29, 1.82) is 0 Å². The summed E-state index contributed by atoms with van der Waals surface area (Å²) in [5.41, 5.74) is 1.69. The van der Waals surface area contributed by atoms with E-state index in [0.717, 1.165) is 11.1 Å². The second kappa shape index (κ2) is 10.6. The van der Waals surface area contributed by atoms with Gasteiger partial charge in [0.05, 0.1) is 17.9 Å². The first-order valence-corrected chi connectivity index (χ1v) is 10.5. The highest BCUT2D eigenvalue weighted by Crippen LogP contribution is 2.31. The Morgan fingerprint density at radius 2 is 1.56 bits per heavy atom. The van der Waals surface area contributed by atoms with E-state index in [2.05, 4.69) is 11.9 Å². The van der Waals surface area contributed by atoms with Crippen LogP contribution in [0.1, 0.15) is 31.1 Å². The lowest BCUT2D eigenvalue weighted by Gasteiger charge is -2.42. The molecule has 0 radical (unpaired) electrons. The van der Waals surface area contributed by atoms with Crippen molar-refractivity contribution in [3.63, 3.8) is 0 Å². The Morgan fingerprint density at radius 1 is 1.00 bits per heavy atom. The molecule has 32 heavy (non-hydrogen) atoms. The topological polar surface area (TPSA) is 90.9 Å². The molecule has 1 fully saturated rings. The molecular weight excluding hydrogens is 410 g/mol. The largest absolute Gasteiger partial charge is 0.508 e. The Hall–Kier alpha value is -3.61. The first kappa shape index (κ1) is 23.1. The number of hydrogen-bond acceptors (Lipinski definition) is 6. The lowest BCUT2D eigenvalue weighted by molar-refractivity contribution is -0.159. The smallest absolute Gasteiger partial charge is 0.452 e. The summed E-state index contributed by atoms with van der Waals surface area (Å²) in [5.74, 6) is -2.08. The minimum atomic E-state index is -0.890. The van der Waals surface area contributed by atoms with Crippen molar-refractivity contribution >= 4 is 18.0 Å². The molecule has 7 heteroatoms. The van der Waals surface area contributed by atoms with E-state index in [1.165, 1.54) is 6.08 Å². The average Bonchev–Trinajstić information content (AvgIpc) is 2.79. The van der Waals surface area contributed by atoms with Crippen molar-refractivity contribution in [2.24, 2.45) is 11.8 Å². The van der Waals surface area contributed by atoms with Gasteiger partial charge in [-0.15, -0.1) is 0 Å². The van der Waals surface area contributed by atoms with Crippen LogP contribution in [0.3, 0.4) is 0 Å². The monoisotopic (exact) mass is 437 g/mol. The molecule has 0 aromatic heterocycles. The molecule has 7 nitrogen and oxygen atoms in total. The van der Waals surface area contributed by atoms with Crippen LogP contribution in [-0.4, -0.2) is 36.8 Å². The molecule has 0 saturated carbocycles. The first-order valence-electron chi connectivity index (χ1n) is 10.5. The van der Waals surface area contributed by atoms with Gasteiger partial charge in [0.1, 0.15) is 12.7 Å². The third-order valence-corrected chi connectivity index (χ3v) is 5.45. The molecule has 0 bridgehead atoms. The number of β-lactam (4-membered cyclic amide) rings is 1. The molecule has 0 spiro atoms. The van der Waals surface area contributed by atoms with Gasteiger partial charge < -0.3 is 19.5 Å². The SMILES string of the molecule is C=CCOC(=O)O[C@H](C)[C@H]1C(=O)N[C@@H]1[C@@H](C)C(=O)OC(c1ccccc1)c1ccccc1. The molecule has 168 valence electrons. The van der Waals surface area contributed by atoms with E-state index in [1.54, 1.807) is 13.8 Å². The number of carbonyl (C=O) groups excluding carboxylic acids is 3. The van der Waals surface area contributed by atoms with Gasteiger partial charge in [0.2, 0.25) is 5.91 Å². The third kappa shape index (κ3) is 5.35. The second-order valence-corrected chi connectivity index (χ2v) is 7.66.